The molecule has 0 saturated heterocycles. The molecular weight excluding hydrogens is 381 g/mol. The number of pyridine rings is 1. The van der Waals surface area contributed by atoms with Gasteiger partial charge in [0, 0.05) is 6.20 Å². The maximum absolute atomic E-state index is 11.7. The normalized spacial score (nSPS) is 10.6. The number of halogens is 1. The van der Waals surface area contributed by atoms with Gasteiger partial charge in [0.15, 0.2) is 0 Å². The summed E-state index contributed by atoms with van der Waals surface area (Å²) in [5, 5.41) is 3.93. The van der Waals surface area contributed by atoms with Crippen molar-refractivity contribution in [1.82, 2.24) is 10.4 Å². The van der Waals surface area contributed by atoms with E-state index < -0.39 is 0 Å². The van der Waals surface area contributed by atoms with Gasteiger partial charge in [0.25, 0.3) is 5.91 Å². The quantitative estimate of drug-likeness (QED) is 0.481. The van der Waals surface area contributed by atoms with Crippen LogP contribution in [0.5, 0.6) is 5.75 Å². The number of carbonyl (C=O) groups excluding carboxylic acids is 1. The van der Waals surface area contributed by atoms with E-state index in [0.29, 0.717) is 12.3 Å². The molecule has 1 aromatic heterocycles. The van der Waals surface area contributed by atoms with Gasteiger partial charge in [0.05, 0.1) is 16.4 Å². The zero-order valence-electron chi connectivity index (χ0n) is 11.4. The smallest absolute Gasteiger partial charge is 0.289 e. The molecule has 0 radical (unpaired) electrons. The molecule has 2 rings (SSSR count). The Morgan fingerprint density at radius 1 is 1.43 bits per heavy atom. The van der Waals surface area contributed by atoms with Crippen molar-refractivity contribution in [2.24, 2.45) is 5.10 Å². The van der Waals surface area contributed by atoms with Crippen molar-refractivity contribution in [3.8, 4) is 5.75 Å². The third kappa shape index (κ3) is 4.52. The monoisotopic (exact) mass is 395 g/mol. The Bertz CT molecular complexity index is 645. The third-order valence-electron chi connectivity index (χ3n) is 2.53. The molecule has 0 bridgehead atoms. The van der Waals surface area contributed by atoms with Crippen molar-refractivity contribution >= 4 is 34.7 Å². The zero-order chi connectivity index (χ0) is 15.1. The third-order valence-corrected chi connectivity index (χ3v) is 3.38. The van der Waals surface area contributed by atoms with E-state index in [1.54, 1.807) is 30.6 Å². The summed E-state index contributed by atoms with van der Waals surface area (Å²) in [4.78, 5) is 15.7. The topological polar surface area (TPSA) is 63.6 Å². The van der Waals surface area contributed by atoms with E-state index in [2.05, 4.69) is 38.1 Å². The van der Waals surface area contributed by atoms with Crippen molar-refractivity contribution in [3.05, 3.63) is 57.4 Å². The van der Waals surface area contributed by atoms with E-state index in [4.69, 9.17) is 4.74 Å². The zero-order valence-corrected chi connectivity index (χ0v) is 13.6. The highest BCUT2D eigenvalue weighted by atomic mass is 127. The minimum atomic E-state index is -0.340. The molecule has 0 aliphatic carbocycles. The van der Waals surface area contributed by atoms with Crippen molar-refractivity contribution in [2.75, 3.05) is 6.61 Å². The minimum Gasteiger partial charge on any atom is -0.493 e. The number of hydrazone groups is 1. The Balaban J connectivity index is 1.98. The fourth-order valence-electron chi connectivity index (χ4n) is 1.59. The first-order chi connectivity index (χ1) is 10.2. The lowest BCUT2D eigenvalue weighted by molar-refractivity contribution is 0.0950. The number of benzene rings is 1. The van der Waals surface area contributed by atoms with Gasteiger partial charge in [-0.2, -0.15) is 5.10 Å². The van der Waals surface area contributed by atoms with E-state index in [-0.39, 0.29) is 5.91 Å². The first-order valence-corrected chi connectivity index (χ1v) is 7.45. The van der Waals surface area contributed by atoms with Gasteiger partial charge in [-0.15, -0.1) is 0 Å². The van der Waals surface area contributed by atoms with Crippen LogP contribution >= 0.6 is 22.6 Å². The van der Waals surface area contributed by atoms with Crippen LogP contribution in [0.3, 0.4) is 0 Å². The van der Waals surface area contributed by atoms with Gasteiger partial charge in [0.1, 0.15) is 11.4 Å². The van der Waals surface area contributed by atoms with E-state index in [1.807, 2.05) is 25.1 Å². The lowest BCUT2D eigenvalue weighted by atomic mass is 10.2. The van der Waals surface area contributed by atoms with Gasteiger partial charge >= 0.3 is 0 Å². The molecule has 0 fully saturated rings. The van der Waals surface area contributed by atoms with Crippen molar-refractivity contribution in [1.29, 1.82) is 0 Å². The Kier molecular flexibility index (Phi) is 5.68. The molecule has 0 unspecified atom stereocenters. The van der Waals surface area contributed by atoms with Gasteiger partial charge in [-0.1, -0.05) is 6.07 Å². The van der Waals surface area contributed by atoms with Gasteiger partial charge < -0.3 is 4.74 Å². The van der Waals surface area contributed by atoms with Crippen LogP contribution in [0.2, 0.25) is 0 Å². The molecular formula is C15H14IN3O2. The second-order valence-electron chi connectivity index (χ2n) is 4.04. The van der Waals surface area contributed by atoms with Crippen LogP contribution < -0.4 is 10.2 Å². The van der Waals surface area contributed by atoms with E-state index in [1.165, 1.54) is 0 Å². The summed E-state index contributed by atoms with van der Waals surface area (Å²) in [5.74, 6) is 0.500. The summed E-state index contributed by atoms with van der Waals surface area (Å²) in [6, 6.07) is 10.8. The van der Waals surface area contributed by atoms with E-state index >= 15 is 0 Å². The molecule has 1 N–H and O–H groups in total. The molecule has 2 aromatic rings. The summed E-state index contributed by atoms with van der Waals surface area (Å²) in [6.07, 6.45) is 3.15. The lowest BCUT2D eigenvalue weighted by Gasteiger charge is -2.05. The number of amides is 1. The number of carbonyl (C=O) groups is 1. The predicted octanol–water partition coefficient (Wildman–Crippen LogP) is 2.85. The van der Waals surface area contributed by atoms with Crippen LogP contribution in [0.4, 0.5) is 0 Å². The molecule has 5 nitrogen and oxygen atoms in total. The molecule has 0 aliphatic rings. The van der Waals surface area contributed by atoms with E-state index in [9.17, 15) is 4.79 Å². The molecule has 21 heavy (non-hydrogen) atoms. The number of hydrogen-bond donors (Lipinski definition) is 1. The number of ether oxygens (including phenoxy) is 1. The van der Waals surface area contributed by atoms with Crippen molar-refractivity contribution in [3.63, 3.8) is 0 Å². The highest BCUT2D eigenvalue weighted by Gasteiger charge is 2.04. The number of nitrogens with one attached hydrogen (secondary N) is 1. The molecule has 1 amide bonds. The largest absolute Gasteiger partial charge is 0.493 e. The summed E-state index contributed by atoms with van der Waals surface area (Å²) in [7, 11) is 0. The van der Waals surface area contributed by atoms with Gasteiger partial charge in [-0.3, -0.25) is 9.78 Å². The Morgan fingerprint density at radius 2 is 2.29 bits per heavy atom. The fraction of sp³-hybridized carbons (Fsp3) is 0.133. The average molecular weight is 395 g/mol. The number of rotatable bonds is 5. The summed E-state index contributed by atoms with van der Waals surface area (Å²) < 4.78 is 6.46. The maximum atomic E-state index is 11.7. The number of aromatic nitrogens is 1. The number of nitrogens with zero attached hydrogens (tertiary/aromatic N) is 2. The first-order valence-electron chi connectivity index (χ1n) is 6.37. The molecule has 0 aliphatic heterocycles. The first kappa shape index (κ1) is 15.4. The van der Waals surface area contributed by atoms with Crippen LogP contribution in [0, 0.1) is 3.57 Å². The van der Waals surface area contributed by atoms with Gasteiger partial charge in [0.2, 0.25) is 0 Å². The summed E-state index contributed by atoms with van der Waals surface area (Å²) in [6.45, 7) is 2.57. The van der Waals surface area contributed by atoms with Crippen LogP contribution in [0.25, 0.3) is 0 Å². The van der Waals surface area contributed by atoms with Gasteiger partial charge in [-0.05, 0) is 65.4 Å². The number of hydrogen-bond acceptors (Lipinski definition) is 4. The van der Waals surface area contributed by atoms with Crippen LogP contribution in [0.1, 0.15) is 23.0 Å². The highest BCUT2D eigenvalue weighted by Crippen LogP contribution is 2.21. The second-order valence-corrected chi connectivity index (χ2v) is 5.20. The SMILES string of the molecule is CCOc1ccc(/C=N\NC(=O)c2ccccn2)cc1I. The summed E-state index contributed by atoms with van der Waals surface area (Å²) >= 11 is 2.20. The molecule has 0 atom stereocenters. The fourth-order valence-corrected chi connectivity index (χ4v) is 2.28. The summed E-state index contributed by atoms with van der Waals surface area (Å²) in [5.41, 5.74) is 3.65. The van der Waals surface area contributed by atoms with Crippen LogP contribution in [0.15, 0.2) is 47.7 Å². The van der Waals surface area contributed by atoms with Gasteiger partial charge in [-0.25, -0.2) is 5.43 Å². The maximum Gasteiger partial charge on any atom is 0.289 e. The molecule has 6 heteroatoms. The molecule has 1 aromatic carbocycles. The van der Waals surface area contributed by atoms with Crippen molar-refractivity contribution in [2.45, 2.75) is 6.92 Å². The predicted molar refractivity (Wildman–Crippen MR) is 89.6 cm³/mol. The highest BCUT2D eigenvalue weighted by molar-refractivity contribution is 14.1. The minimum absolute atomic E-state index is 0.330. The lowest BCUT2D eigenvalue weighted by Crippen LogP contribution is -2.18. The Morgan fingerprint density at radius 3 is 2.95 bits per heavy atom. The Labute approximate surface area is 136 Å². The van der Waals surface area contributed by atoms with Crippen LogP contribution in [-0.4, -0.2) is 23.7 Å². The molecule has 0 saturated carbocycles. The molecule has 1 heterocycles. The second kappa shape index (κ2) is 7.72. The van der Waals surface area contributed by atoms with Crippen molar-refractivity contribution < 1.29 is 9.53 Å². The molecule has 0 spiro atoms. The molecule has 108 valence electrons. The van der Waals surface area contributed by atoms with E-state index in [0.717, 1.165) is 14.9 Å². The average Bonchev–Trinajstić information content (AvgIpc) is 2.51. The van der Waals surface area contributed by atoms with Crippen LogP contribution in [-0.2, 0) is 0 Å². The Hall–Kier alpha value is -1.96. The standard InChI is InChI=1S/C15H14IN3O2/c1-2-21-14-7-6-11(9-12(14)16)10-18-19-15(20)13-5-3-4-8-17-13/h3-10H,2H2,1H3,(H,19,20)/b18-10-.